The molecule has 0 bridgehead atoms. The highest BCUT2D eigenvalue weighted by Gasteiger charge is 2.20. The van der Waals surface area contributed by atoms with Crippen LogP contribution in [0.25, 0.3) is 22.3 Å². The Morgan fingerprint density at radius 3 is 1.78 bits per heavy atom. The van der Waals surface area contributed by atoms with Gasteiger partial charge in [0.2, 0.25) is 11.1 Å². The van der Waals surface area contributed by atoms with Crippen LogP contribution in [0.1, 0.15) is 31.8 Å². The first-order valence-corrected chi connectivity index (χ1v) is 16.6. The summed E-state index contributed by atoms with van der Waals surface area (Å²) in [5.74, 6) is -1.30. The van der Waals surface area contributed by atoms with Gasteiger partial charge in [-0.05, 0) is 100 Å². The molecule has 0 saturated heterocycles. The predicted molar refractivity (Wildman–Crippen MR) is 188 cm³/mol. The molecule has 1 atom stereocenters. The van der Waals surface area contributed by atoms with E-state index < -0.39 is 23.0 Å². The number of aromatic carboxylic acids is 1. The van der Waals surface area contributed by atoms with Crippen LogP contribution >= 0.6 is 0 Å². The van der Waals surface area contributed by atoms with Crippen LogP contribution in [0.15, 0.2) is 150 Å². The number of carboxylic acids is 1. The van der Waals surface area contributed by atoms with Crippen LogP contribution in [-0.4, -0.2) is 26.5 Å². The second-order valence-electron chi connectivity index (χ2n) is 11.1. The molecule has 0 spiro atoms. The SMILES string of the molecule is O=C(O)c1ccc(-c2ccccc2)cc1C(=O)Oc1ccc(S(=O)Oc2ccc(OOCc3cc(-c4ccccc4)ccc3COO)cc2)cc1. The number of carbonyl (C=O) groups is 2. The molecule has 11 heteroatoms. The first-order valence-electron chi connectivity index (χ1n) is 15.6. The van der Waals surface area contributed by atoms with Gasteiger partial charge >= 0.3 is 11.9 Å². The lowest BCUT2D eigenvalue weighted by atomic mass is 9.99. The molecule has 256 valence electrons. The second-order valence-corrected chi connectivity index (χ2v) is 12.2. The lowest BCUT2D eigenvalue weighted by Crippen LogP contribution is -2.14. The minimum atomic E-state index is -1.91. The van der Waals surface area contributed by atoms with Gasteiger partial charge in [-0.15, -0.1) is 0 Å². The van der Waals surface area contributed by atoms with Crippen LogP contribution in [0.3, 0.4) is 0 Å². The van der Waals surface area contributed by atoms with Crippen molar-refractivity contribution in [2.24, 2.45) is 0 Å². The quantitative estimate of drug-likeness (QED) is 0.0492. The molecule has 0 radical (unpaired) electrons. The molecule has 0 aliphatic heterocycles. The summed E-state index contributed by atoms with van der Waals surface area (Å²) >= 11 is -1.91. The van der Waals surface area contributed by atoms with E-state index in [9.17, 15) is 18.9 Å². The zero-order valence-electron chi connectivity index (χ0n) is 26.8. The number of benzene rings is 6. The molecule has 6 aromatic rings. The normalized spacial score (nSPS) is 11.4. The largest absolute Gasteiger partial charge is 0.478 e. The van der Waals surface area contributed by atoms with Gasteiger partial charge in [-0.25, -0.2) is 18.7 Å². The van der Waals surface area contributed by atoms with E-state index in [4.69, 9.17) is 24.0 Å². The minimum absolute atomic E-state index is 0.0118. The Kier molecular flexibility index (Phi) is 11.3. The van der Waals surface area contributed by atoms with Crippen molar-refractivity contribution in [2.75, 3.05) is 0 Å². The number of hydrogen-bond donors (Lipinski definition) is 2. The highest BCUT2D eigenvalue weighted by atomic mass is 32.2. The summed E-state index contributed by atoms with van der Waals surface area (Å²) in [6, 6.07) is 41.4. The fourth-order valence-electron chi connectivity index (χ4n) is 5.12. The Hall–Kier alpha value is -6.11. The summed E-state index contributed by atoms with van der Waals surface area (Å²) in [5.41, 5.74) is 4.69. The molecular weight excluding hydrogens is 672 g/mol. The number of carboxylic acid groups (broad SMARTS) is 1. The van der Waals surface area contributed by atoms with Crippen molar-refractivity contribution in [3.05, 3.63) is 168 Å². The molecule has 0 aliphatic rings. The van der Waals surface area contributed by atoms with Gasteiger partial charge in [-0.2, -0.15) is 4.89 Å². The van der Waals surface area contributed by atoms with Crippen molar-refractivity contribution in [1.82, 2.24) is 0 Å². The number of rotatable bonds is 14. The molecule has 51 heavy (non-hydrogen) atoms. The molecule has 0 aliphatic carbocycles. The number of ether oxygens (including phenoxy) is 1. The van der Waals surface area contributed by atoms with E-state index in [1.54, 1.807) is 30.3 Å². The smallest absolute Gasteiger partial charge is 0.344 e. The monoisotopic (exact) mass is 702 g/mol. The molecule has 1 unspecified atom stereocenters. The van der Waals surface area contributed by atoms with Gasteiger partial charge < -0.3 is 18.9 Å². The Balaban J connectivity index is 1.04. The molecular formula is C40H30O10S. The molecule has 0 heterocycles. The first-order chi connectivity index (χ1) is 24.9. The van der Waals surface area contributed by atoms with Crippen molar-refractivity contribution in [1.29, 1.82) is 0 Å². The predicted octanol–water partition coefficient (Wildman–Crippen LogP) is 8.54. The van der Waals surface area contributed by atoms with Gasteiger partial charge in [0.25, 0.3) is 0 Å². The zero-order chi connectivity index (χ0) is 35.6. The molecule has 2 N–H and O–H groups in total. The standard InChI is InChI=1S/C40H30O10S/c41-39(42)37-22-13-30(28-9-5-2-6-10-28)24-38(37)40(43)48-33-18-20-36(21-19-33)51(45)50-35-16-14-34(15-17-35)49-47-26-32-23-29(11-12-31(32)25-46-44)27-7-3-1-4-8-27/h1-24,44H,25-26H2,(H,41,42). The first kappa shape index (κ1) is 34.7. The summed E-state index contributed by atoms with van der Waals surface area (Å²) in [6.45, 7) is 0.0653. The van der Waals surface area contributed by atoms with Crippen molar-refractivity contribution in [2.45, 2.75) is 18.1 Å². The highest BCUT2D eigenvalue weighted by Crippen LogP contribution is 2.27. The third-order valence-corrected chi connectivity index (χ3v) is 8.70. The molecule has 10 nitrogen and oxygen atoms in total. The second kappa shape index (κ2) is 16.5. The Morgan fingerprint density at radius 1 is 0.569 bits per heavy atom. The number of esters is 1. The molecule has 0 fully saturated rings. The maximum Gasteiger partial charge on any atom is 0.344 e. The third kappa shape index (κ3) is 8.93. The van der Waals surface area contributed by atoms with Crippen LogP contribution in [-0.2, 0) is 34.1 Å². The summed E-state index contributed by atoms with van der Waals surface area (Å²) in [7, 11) is 0. The average molecular weight is 703 g/mol. The van der Waals surface area contributed by atoms with Crippen LogP contribution in [0.5, 0.6) is 17.2 Å². The topological polar surface area (TPSA) is 138 Å². The zero-order valence-corrected chi connectivity index (χ0v) is 27.7. The van der Waals surface area contributed by atoms with Crippen molar-refractivity contribution < 1.29 is 47.7 Å². The summed E-state index contributed by atoms with van der Waals surface area (Å²) in [6.07, 6.45) is 0. The number of carbonyl (C=O) groups excluding carboxylic acids is 1. The lowest BCUT2D eigenvalue weighted by molar-refractivity contribution is -0.253. The van der Waals surface area contributed by atoms with E-state index in [0.29, 0.717) is 22.0 Å². The van der Waals surface area contributed by atoms with Gasteiger partial charge in [0, 0.05) is 0 Å². The summed E-state index contributed by atoms with van der Waals surface area (Å²) in [4.78, 5) is 40.5. The summed E-state index contributed by atoms with van der Waals surface area (Å²) < 4.78 is 24.0. The molecule has 0 aromatic heterocycles. The van der Waals surface area contributed by atoms with E-state index in [-0.39, 0.29) is 30.1 Å². The van der Waals surface area contributed by atoms with E-state index in [2.05, 4.69) is 4.89 Å². The average Bonchev–Trinajstić information content (AvgIpc) is 3.17. The summed E-state index contributed by atoms with van der Waals surface area (Å²) in [5, 5.41) is 18.6. The highest BCUT2D eigenvalue weighted by molar-refractivity contribution is 7.80. The Bertz CT molecular complexity index is 2140. The number of hydrogen-bond acceptors (Lipinski definition) is 9. The fraction of sp³-hybridized carbons (Fsp3) is 0.0500. The van der Waals surface area contributed by atoms with Gasteiger partial charge in [0.15, 0.2) is 5.75 Å². The van der Waals surface area contributed by atoms with Crippen molar-refractivity contribution >= 4 is 23.0 Å². The van der Waals surface area contributed by atoms with Crippen molar-refractivity contribution in [3.8, 4) is 39.5 Å². The van der Waals surface area contributed by atoms with Crippen LogP contribution in [0.2, 0.25) is 0 Å². The van der Waals surface area contributed by atoms with Crippen LogP contribution < -0.4 is 13.8 Å². The Morgan fingerprint density at radius 2 is 1.16 bits per heavy atom. The van der Waals surface area contributed by atoms with E-state index in [0.717, 1.165) is 27.8 Å². The third-order valence-electron chi connectivity index (χ3n) is 7.70. The van der Waals surface area contributed by atoms with Gasteiger partial charge in [-0.1, -0.05) is 78.9 Å². The molecule has 6 rings (SSSR count). The van der Waals surface area contributed by atoms with Gasteiger partial charge in [0.1, 0.15) is 24.7 Å². The van der Waals surface area contributed by atoms with Gasteiger partial charge in [-0.3, -0.25) is 5.26 Å². The molecule has 6 aromatic carbocycles. The fourth-order valence-corrected chi connectivity index (χ4v) is 5.86. The maximum atomic E-state index is 13.1. The van der Waals surface area contributed by atoms with Gasteiger partial charge in [0.05, 0.1) is 16.0 Å². The van der Waals surface area contributed by atoms with Crippen LogP contribution in [0.4, 0.5) is 0 Å². The van der Waals surface area contributed by atoms with E-state index in [1.807, 2.05) is 78.9 Å². The maximum absolute atomic E-state index is 13.1. The molecule has 0 amide bonds. The minimum Gasteiger partial charge on any atom is -0.478 e. The van der Waals surface area contributed by atoms with E-state index in [1.165, 1.54) is 36.4 Å². The van der Waals surface area contributed by atoms with E-state index >= 15 is 0 Å². The Labute approximate surface area is 295 Å². The molecule has 0 saturated carbocycles. The van der Waals surface area contributed by atoms with Crippen molar-refractivity contribution in [3.63, 3.8) is 0 Å². The lowest BCUT2D eigenvalue weighted by Gasteiger charge is -2.12. The van der Waals surface area contributed by atoms with Crippen LogP contribution in [0, 0.1) is 0 Å².